The van der Waals surface area contributed by atoms with Crippen LogP contribution in [-0.4, -0.2) is 37.5 Å². The van der Waals surface area contributed by atoms with E-state index in [1.54, 1.807) is 0 Å². The molecule has 0 aromatic heterocycles. The fourth-order valence-corrected chi connectivity index (χ4v) is 3.28. The molecule has 0 aliphatic heterocycles. The maximum Gasteiger partial charge on any atom is 0.324 e. The first-order valence-corrected chi connectivity index (χ1v) is 7.11. The molecule has 6 nitrogen and oxygen atoms in total. The summed E-state index contributed by atoms with van der Waals surface area (Å²) in [6.07, 6.45) is 0. The number of rotatable bonds is 5. The highest BCUT2D eigenvalue weighted by Gasteiger charge is 2.35. The van der Waals surface area contributed by atoms with E-state index in [1.165, 1.54) is 31.3 Å². The van der Waals surface area contributed by atoms with E-state index in [0.717, 1.165) is 4.31 Å². The van der Waals surface area contributed by atoms with E-state index in [4.69, 9.17) is 10.8 Å². The van der Waals surface area contributed by atoms with Crippen molar-refractivity contribution >= 4 is 40.0 Å². The maximum absolute atomic E-state index is 12.1. The van der Waals surface area contributed by atoms with E-state index in [-0.39, 0.29) is 5.75 Å². The molecule has 0 aliphatic carbocycles. The highest BCUT2D eigenvalue weighted by Crippen LogP contribution is 2.20. The number of anilines is 2. The number of nitrogens with two attached hydrogens (primary N) is 1. The van der Waals surface area contributed by atoms with Crippen molar-refractivity contribution in [2.45, 2.75) is 5.25 Å². The third-order valence-electron chi connectivity index (χ3n) is 2.44. The minimum absolute atomic E-state index is 0.295. The number of nitrogen functional groups attached to an aromatic ring is 1. The Morgan fingerprint density at radius 1 is 1.44 bits per heavy atom. The number of aliphatic carboxylic acids is 1. The smallest absolute Gasteiger partial charge is 0.324 e. The molecule has 1 unspecified atom stereocenters. The highest BCUT2D eigenvalue weighted by atomic mass is 32.2. The first kappa shape index (κ1) is 14.7. The Morgan fingerprint density at radius 3 is 2.33 bits per heavy atom. The molecule has 0 saturated carbocycles. The zero-order valence-corrected chi connectivity index (χ0v) is 11.4. The predicted octanol–water partition coefficient (Wildman–Crippen LogP) is 0.418. The van der Waals surface area contributed by atoms with Gasteiger partial charge in [0.15, 0.2) is 5.25 Å². The average molecular weight is 290 g/mol. The van der Waals surface area contributed by atoms with Crippen LogP contribution in [0.4, 0.5) is 11.4 Å². The SMILES string of the molecule is CN(c1ccc(N)cc1)S(=O)(=O)C(CS)C(=O)O. The molecule has 3 N–H and O–H groups in total. The number of carbonyl (C=O) groups is 1. The van der Waals surface area contributed by atoms with Gasteiger partial charge in [0.1, 0.15) is 0 Å². The maximum atomic E-state index is 12.1. The van der Waals surface area contributed by atoms with E-state index in [1.807, 2.05) is 0 Å². The molecule has 1 aromatic rings. The monoisotopic (exact) mass is 290 g/mol. The third-order valence-corrected chi connectivity index (χ3v) is 5.11. The van der Waals surface area contributed by atoms with Gasteiger partial charge >= 0.3 is 5.97 Å². The van der Waals surface area contributed by atoms with Crippen molar-refractivity contribution in [3.8, 4) is 0 Å². The molecular weight excluding hydrogens is 276 g/mol. The summed E-state index contributed by atoms with van der Waals surface area (Å²) < 4.78 is 25.0. The number of carboxylic acid groups (broad SMARTS) is 1. The van der Waals surface area contributed by atoms with Gasteiger partial charge in [0, 0.05) is 18.5 Å². The number of benzene rings is 1. The van der Waals surface area contributed by atoms with Gasteiger partial charge in [-0.3, -0.25) is 9.10 Å². The molecule has 0 spiro atoms. The van der Waals surface area contributed by atoms with Crippen LogP contribution in [0.5, 0.6) is 0 Å². The molecule has 0 radical (unpaired) electrons. The average Bonchev–Trinajstić information content (AvgIpc) is 2.29. The molecule has 18 heavy (non-hydrogen) atoms. The van der Waals surface area contributed by atoms with Crippen LogP contribution in [0.25, 0.3) is 0 Å². The van der Waals surface area contributed by atoms with Crippen LogP contribution in [-0.2, 0) is 14.8 Å². The first-order valence-electron chi connectivity index (χ1n) is 4.97. The Hall–Kier alpha value is -1.41. The molecule has 1 aromatic carbocycles. The molecule has 0 bridgehead atoms. The molecule has 0 saturated heterocycles. The summed E-state index contributed by atoms with van der Waals surface area (Å²) in [5, 5.41) is 7.29. The van der Waals surface area contributed by atoms with E-state index in [2.05, 4.69) is 12.6 Å². The summed E-state index contributed by atoms with van der Waals surface area (Å²) in [6.45, 7) is 0. The summed E-state index contributed by atoms with van der Waals surface area (Å²) in [4.78, 5) is 10.9. The zero-order valence-electron chi connectivity index (χ0n) is 9.65. The van der Waals surface area contributed by atoms with E-state index in [0.29, 0.717) is 11.4 Å². The van der Waals surface area contributed by atoms with Gasteiger partial charge in [-0.2, -0.15) is 12.6 Å². The van der Waals surface area contributed by atoms with Crippen molar-refractivity contribution in [1.82, 2.24) is 0 Å². The van der Waals surface area contributed by atoms with E-state index < -0.39 is 21.2 Å². The largest absolute Gasteiger partial charge is 0.480 e. The van der Waals surface area contributed by atoms with Crippen LogP contribution in [0, 0.1) is 0 Å². The van der Waals surface area contributed by atoms with Gasteiger partial charge < -0.3 is 10.8 Å². The second kappa shape index (κ2) is 5.49. The molecule has 1 rings (SSSR count). The Morgan fingerprint density at radius 2 is 1.94 bits per heavy atom. The van der Waals surface area contributed by atoms with Crippen molar-refractivity contribution in [3.05, 3.63) is 24.3 Å². The fourth-order valence-electron chi connectivity index (χ4n) is 1.32. The second-order valence-corrected chi connectivity index (χ2v) is 6.13. The number of thiol groups is 1. The van der Waals surface area contributed by atoms with Crippen molar-refractivity contribution in [2.75, 3.05) is 22.8 Å². The zero-order chi connectivity index (χ0) is 13.9. The lowest BCUT2D eigenvalue weighted by molar-refractivity contribution is -0.136. The second-order valence-electron chi connectivity index (χ2n) is 3.61. The van der Waals surface area contributed by atoms with Gasteiger partial charge in [0.25, 0.3) is 0 Å². The van der Waals surface area contributed by atoms with Gasteiger partial charge in [0.05, 0.1) is 5.69 Å². The number of hydrogen-bond donors (Lipinski definition) is 3. The third kappa shape index (κ3) is 2.88. The Bertz CT molecular complexity index is 527. The lowest BCUT2D eigenvalue weighted by atomic mass is 10.3. The lowest BCUT2D eigenvalue weighted by Crippen LogP contribution is -2.42. The van der Waals surface area contributed by atoms with Gasteiger partial charge in [-0.1, -0.05) is 0 Å². The van der Waals surface area contributed by atoms with Crippen molar-refractivity contribution < 1.29 is 18.3 Å². The number of hydrogen-bond acceptors (Lipinski definition) is 5. The van der Waals surface area contributed by atoms with Crippen LogP contribution in [0.2, 0.25) is 0 Å². The summed E-state index contributed by atoms with van der Waals surface area (Å²) in [7, 11) is -2.71. The Balaban J connectivity index is 3.12. The highest BCUT2D eigenvalue weighted by molar-refractivity contribution is 7.95. The van der Waals surface area contributed by atoms with Crippen LogP contribution in [0.15, 0.2) is 24.3 Å². The quantitative estimate of drug-likeness (QED) is 0.539. The van der Waals surface area contributed by atoms with Crippen LogP contribution >= 0.6 is 12.6 Å². The standard InChI is InChI=1S/C10H14N2O4S2/c1-12(8-4-2-7(11)3-5-8)18(15,16)9(6-17)10(13)14/h2-5,9,17H,6,11H2,1H3,(H,13,14). The van der Waals surface area contributed by atoms with E-state index in [9.17, 15) is 13.2 Å². The molecular formula is C10H14N2O4S2. The topological polar surface area (TPSA) is 101 Å². The first-order chi connectivity index (χ1) is 8.30. The minimum Gasteiger partial charge on any atom is -0.480 e. The normalized spacial score (nSPS) is 13.0. The molecule has 1 atom stereocenters. The molecule has 0 fully saturated rings. The van der Waals surface area contributed by atoms with E-state index >= 15 is 0 Å². The summed E-state index contributed by atoms with van der Waals surface area (Å²) >= 11 is 3.77. The van der Waals surface area contributed by atoms with Gasteiger partial charge in [-0.15, -0.1) is 0 Å². The molecule has 100 valence electrons. The molecule has 0 heterocycles. The van der Waals surface area contributed by atoms with Crippen molar-refractivity contribution in [1.29, 1.82) is 0 Å². The molecule has 0 aliphatic rings. The van der Waals surface area contributed by atoms with Crippen LogP contribution in [0.1, 0.15) is 0 Å². The molecule has 8 heteroatoms. The number of carboxylic acids is 1. The fraction of sp³-hybridized carbons (Fsp3) is 0.300. The van der Waals surface area contributed by atoms with Gasteiger partial charge in [0.2, 0.25) is 10.0 Å². The summed E-state index contributed by atoms with van der Waals surface area (Å²) in [6, 6.07) is 6.09. The van der Waals surface area contributed by atoms with Crippen LogP contribution in [0.3, 0.4) is 0 Å². The predicted molar refractivity (Wildman–Crippen MR) is 73.5 cm³/mol. The number of sulfonamides is 1. The molecule has 0 amide bonds. The Kier molecular flexibility index (Phi) is 4.47. The summed E-state index contributed by atoms with van der Waals surface area (Å²) in [5.74, 6) is -1.72. The van der Waals surface area contributed by atoms with Crippen LogP contribution < -0.4 is 10.0 Å². The Labute approximate surface area is 111 Å². The van der Waals surface area contributed by atoms with Crippen molar-refractivity contribution in [3.63, 3.8) is 0 Å². The number of nitrogens with zero attached hydrogens (tertiary/aromatic N) is 1. The van der Waals surface area contributed by atoms with Crippen molar-refractivity contribution in [2.24, 2.45) is 0 Å². The van der Waals surface area contributed by atoms with Gasteiger partial charge in [-0.25, -0.2) is 8.42 Å². The minimum atomic E-state index is -4.00. The van der Waals surface area contributed by atoms with Gasteiger partial charge in [-0.05, 0) is 24.3 Å². The lowest BCUT2D eigenvalue weighted by Gasteiger charge is -2.22. The summed E-state index contributed by atoms with van der Waals surface area (Å²) in [5.41, 5.74) is 6.33.